The maximum absolute atomic E-state index is 12.4. The molecule has 0 N–H and O–H groups in total. The van der Waals surface area contributed by atoms with Gasteiger partial charge in [-0.25, -0.2) is 8.42 Å². The van der Waals surface area contributed by atoms with Crippen molar-refractivity contribution in [1.82, 2.24) is 0 Å². The molecule has 6 nitrogen and oxygen atoms in total. The quantitative estimate of drug-likeness (QED) is 0.239. The number of benzene rings is 2. The molecule has 2 aromatic rings. The number of hydrogen-bond donors (Lipinski definition) is 0. The molecule has 0 aliphatic carbocycles. The molecule has 0 aromatic heterocycles. The third-order valence-corrected chi connectivity index (χ3v) is 15.9. The van der Waals surface area contributed by atoms with Gasteiger partial charge in [0.25, 0.3) is 0 Å². The Bertz CT molecular complexity index is 1220. The van der Waals surface area contributed by atoms with E-state index in [1.807, 2.05) is 24.3 Å². The molecule has 10 heteroatoms. The number of sulfone groups is 1. The largest absolute Gasteiger partial charge is 0.489 e. The van der Waals surface area contributed by atoms with Crippen molar-refractivity contribution >= 4 is 35.0 Å². The van der Waals surface area contributed by atoms with Crippen LogP contribution in [0.4, 0.5) is 0 Å². The molecule has 0 bridgehead atoms. The molecule has 2 aromatic carbocycles. The van der Waals surface area contributed by atoms with Crippen LogP contribution >= 0.6 is 0 Å². The highest BCUT2D eigenvalue weighted by Crippen LogP contribution is 2.33. The molecule has 0 atom stereocenters. The monoisotopic (exact) mass is 545 g/mol. The van der Waals surface area contributed by atoms with Gasteiger partial charge >= 0.3 is 8.56 Å². The Kier molecular flexibility index (Phi) is 8.92. The molecule has 35 heavy (non-hydrogen) atoms. The van der Waals surface area contributed by atoms with Gasteiger partial charge in [-0.1, -0.05) is 43.5 Å². The third kappa shape index (κ3) is 7.86. The average Bonchev–Trinajstić information content (AvgIpc) is 2.74. The summed E-state index contributed by atoms with van der Waals surface area (Å²) in [5.41, 5.74) is 1.59. The van der Waals surface area contributed by atoms with Gasteiger partial charge < -0.3 is 13.0 Å². The minimum absolute atomic E-state index is 0.0216. The molecule has 0 fully saturated rings. The molecule has 0 radical (unpaired) electrons. The summed E-state index contributed by atoms with van der Waals surface area (Å²) in [6, 6.07) is 15.5. The van der Waals surface area contributed by atoms with E-state index in [4.69, 9.17) is 18.2 Å². The molecule has 0 saturated carbocycles. The summed E-state index contributed by atoms with van der Waals surface area (Å²) in [5, 5.41) is 9.75. The van der Waals surface area contributed by atoms with Crippen LogP contribution in [0.15, 0.2) is 76.7 Å². The van der Waals surface area contributed by atoms with Crippen LogP contribution in [0, 0.1) is 11.3 Å². The van der Waals surface area contributed by atoms with Crippen molar-refractivity contribution in [1.29, 1.82) is 5.26 Å². The summed E-state index contributed by atoms with van der Waals surface area (Å²) in [7, 11) is -10.4. The lowest BCUT2D eigenvalue weighted by Crippen LogP contribution is -2.54. The van der Waals surface area contributed by atoms with Crippen LogP contribution in [0.1, 0.15) is 0 Å². The summed E-state index contributed by atoms with van der Waals surface area (Å²) < 4.78 is 44.1. The first-order valence-corrected chi connectivity index (χ1v) is 21.9. The van der Waals surface area contributed by atoms with Gasteiger partial charge in [-0.05, 0) is 69.6 Å². The molecule has 0 saturated heterocycles. The highest BCUT2D eigenvalue weighted by Gasteiger charge is 2.43. The fourth-order valence-electron chi connectivity index (χ4n) is 3.48. The van der Waals surface area contributed by atoms with Gasteiger partial charge in [-0.3, -0.25) is 0 Å². The van der Waals surface area contributed by atoms with Crippen LogP contribution in [0.25, 0.3) is 11.1 Å². The number of nitrogens with zero attached hydrogens (tertiary/aromatic N) is 1. The van der Waals surface area contributed by atoms with Crippen molar-refractivity contribution in [2.45, 2.75) is 50.7 Å². The number of nitriles is 1. The van der Waals surface area contributed by atoms with E-state index in [2.05, 4.69) is 59.0 Å². The molecular weight excluding hydrogens is 511 g/mol. The van der Waals surface area contributed by atoms with Gasteiger partial charge in [-0.2, -0.15) is 5.26 Å². The second-order valence-corrected chi connectivity index (χ2v) is 25.0. The molecular formula is C25H35NO5SSi3. The normalized spacial score (nSPS) is 12.6. The Labute approximate surface area is 213 Å². The van der Waals surface area contributed by atoms with Crippen molar-refractivity contribution in [2.75, 3.05) is 6.61 Å². The lowest BCUT2D eigenvalue weighted by molar-refractivity contribution is 0.338. The van der Waals surface area contributed by atoms with Crippen LogP contribution in [-0.2, 0) is 18.1 Å². The highest BCUT2D eigenvalue weighted by atomic mass is 32.2. The van der Waals surface area contributed by atoms with Crippen LogP contribution in [0.5, 0.6) is 5.75 Å². The Morgan fingerprint density at radius 2 is 1.40 bits per heavy atom. The summed E-state index contributed by atoms with van der Waals surface area (Å²) in [6.45, 7) is 22.8. The van der Waals surface area contributed by atoms with E-state index in [1.165, 1.54) is 12.1 Å². The van der Waals surface area contributed by atoms with Crippen LogP contribution in [-0.4, -0.2) is 40.2 Å². The molecule has 0 heterocycles. The fourth-order valence-corrected chi connectivity index (χ4v) is 15.8. The average molecular weight is 546 g/mol. The number of para-hydroxylation sites is 1. The van der Waals surface area contributed by atoms with E-state index < -0.39 is 39.9 Å². The molecule has 188 valence electrons. The Hall–Kier alpha value is -2.27. The zero-order valence-corrected chi connectivity index (χ0v) is 25.5. The Morgan fingerprint density at radius 3 is 1.89 bits per heavy atom. The fraction of sp³-hybridized carbons (Fsp3) is 0.320. The van der Waals surface area contributed by atoms with Crippen molar-refractivity contribution in [2.24, 2.45) is 0 Å². The zero-order chi connectivity index (χ0) is 26.7. The lowest BCUT2D eigenvalue weighted by Gasteiger charge is -2.39. The van der Waals surface area contributed by atoms with Crippen LogP contribution in [0.3, 0.4) is 0 Å². The SMILES string of the molecule is C=C(COc1ccccc1-c1ccc(S(=O)(=O)C(=C)C#N)cc1)[Si](C)(O[Si](C)(C)C)O[Si](C)(C)C. The Balaban J connectivity index is 2.30. The summed E-state index contributed by atoms with van der Waals surface area (Å²) >= 11 is 0. The first-order valence-electron chi connectivity index (χ1n) is 11.2. The van der Waals surface area contributed by atoms with Gasteiger partial charge in [0.05, 0.1) is 4.90 Å². The van der Waals surface area contributed by atoms with Crippen molar-refractivity contribution < 1.29 is 21.4 Å². The predicted octanol–water partition coefficient (Wildman–Crippen LogP) is 6.41. The van der Waals surface area contributed by atoms with Crippen molar-refractivity contribution in [3.8, 4) is 22.9 Å². The second kappa shape index (κ2) is 10.8. The number of ether oxygens (including phenoxy) is 1. The van der Waals surface area contributed by atoms with Gasteiger partial charge in [-0.15, -0.1) is 0 Å². The van der Waals surface area contributed by atoms with E-state index in [9.17, 15) is 8.42 Å². The first kappa shape index (κ1) is 29.0. The van der Waals surface area contributed by atoms with Gasteiger partial charge in [0.1, 0.15) is 23.3 Å². The molecule has 0 spiro atoms. The predicted molar refractivity (Wildman–Crippen MR) is 149 cm³/mol. The topological polar surface area (TPSA) is 85.6 Å². The minimum Gasteiger partial charge on any atom is -0.489 e. The zero-order valence-electron chi connectivity index (χ0n) is 21.6. The second-order valence-electron chi connectivity index (χ2n) is 10.3. The molecule has 2 rings (SSSR count). The van der Waals surface area contributed by atoms with Crippen molar-refractivity contribution in [3.63, 3.8) is 0 Å². The Morgan fingerprint density at radius 1 is 0.886 bits per heavy atom. The van der Waals surface area contributed by atoms with Gasteiger partial charge in [0.15, 0.2) is 16.6 Å². The highest BCUT2D eigenvalue weighted by molar-refractivity contribution is 7.95. The number of allylic oxidation sites excluding steroid dienone is 1. The smallest absolute Gasteiger partial charge is 0.347 e. The maximum Gasteiger partial charge on any atom is 0.347 e. The van der Waals surface area contributed by atoms with Crippen LogP contribution in [0.2, 0.25) is 45.8 Å². The summed E-state index contributed by atoms with van der Waals surface area (Å²) in [4.78, 5) is -0.464. The number of rotatable bonds is 11. The van der Waals surface area contributed by atoms with Crippen LogP contribution < -0.4 is 4.74 Å². The number of hydrogen-bond acceptors (Lipinski definition) is 6. The maximum atomic E-state index is 12.4. The van der Waals surface area contributed by atoms with E-state index in [1.54, 1.807) is 18.2 Å². The molecule has 0 unspecified atom stereocenters. The van der Waals surface area contributed by atoms with E-state index in [0.717, 1.165) is 16.3 Å². The minimum atomic E-state index is -3.88. The summed E-state index contributed by atoms with van der Waals surface area (Å²) in [5.74, 6) is 0.642. The molecule has 0 aliphatic rings. The van der Waals surface area contributed by atoms with Gasteiger partial charge in [0, 0.05) is 10.8 Å². The van der Waals surface area contributed by atoms with E-state index in [0.29, 0.717) is 5.75 Å². The summed E-state index contributed by atoms with van der Waals surface area (Å²) in [6.07, 6.45) is 0. The first-order chi connectivity index (χ1) is 16.0. The van der Waals surface area contributed by atoms with E-state index >= 15 is 0 Å². The third-order valence-electron chi connectivity index (χ3n) is 4.86. The van der Waals surface area contributed by atoms with E-state index in [-0.39, 0.29) is 11.5 Å². The van der Waals surface area contributed by atoms with Crippen molar-refractivity contribution in [3.05, 3.63) is 71.8 Å². The molecule has 0 aliphatic heterocycles. The standard InChI is InChI=1S/C25H35NO5SSi3/c1-20(18-26)32(27,28)23-16-14-22(15-17-23)24-12-10-11-13-25(24)29-19-21(2)35(9,30-33(3,4)5)31-34(6,7)8/h10-17H,1-2,19H2,3-9H3. The molecule has 0 amide bonds. The lowest BCUT2D eigenvalue weighted by atomic mass is 10.1. The van der Waals surface area contributed by atoms with Gasteiger partial charge in [0.2, 0.25) is 9.84 Å².